The van der Waals surface area contributed by atoms with Crippen LogP contribution in [-0.2, 0) is 9.47 Å². The molecule has 0 saturated carbocycles. The minimum absolute atomic E-state index is 0. The van der Waals surface area contributed by atoms with Crippen LogP contribution >= 0.6 is 24.0 Å². The molecule has 7 nitrogen and oxygen atoms in total. The third-order valence-electron chi connectivity index (χ3n) is 4.31. The average molecular weight is 498 g/mol. The minimum Gasteiger partial charge on any atom is -0.444 e. The zero-order chi connectivity index (χ0) is 19.6. The standard InChI is InChI=1S/C19H38N4O3.HI/c1-7-20-17(22(5)12-8-16-9-14-25-15-10-16)21-11-13-23(6)18(24)26-19(2,3)4;/h16H,7-15H2,1-6H3,(H,20,21);1H. The summed E-state index contributed by atoms with van der Waals surface area (Å²) >= 11 is 0. The molecule has 1 aliphatic rings. The minimum atomic E-state index is -0.478. The molecule has 0 atom stereocenters. The first kappa shape index (κ1) is 26.2. The van der Waals surface area contributed by atoms with Crippen molar-refractivity contribution in [2.75, 3.05) is 53.5 Å². The lowest BCUT2D eigenvalue weighted by Gasteiger charge is -2.27. The molecular formula is C19H39IN4O3. The Labute approximate surface area is 182 Å². The quantitative estimate of drug-likeness (QED) is 0.332. The summed E-state index contributed by atoms with van der Waals surface area (Å²) in [6.07, 6.45) is 3.15. The van der Waals surface area contributed by atoms with E-state index in [9.17, 15) is 4.79 Å². The Bertz CT molecular complexity index is 449. The molecule has 27 heavy (non-hydrogen) atoms. The highest BCUT2D eigenvalue weighted by molar-refractivity contribution is 14.0. The van der Waals surface area contributed by atoms with Crippen molar-refractivity contribution in [3.05, 3.63) is 0 Å². The van der Waals surface area contributed by atoms with Gasteiger partial charge in [0.2, 0.25) is 0 Å². The predicted octanol–water partition coefficient (Wildman–Crippen LogP) is 3.19. The number of rotatable bonds is 7. The normalized spacial score (nSPS) is 15.7. The van der Waals surface area contributed by atoms with Crippen LogP contribution in [0.1, 0.15) is 47.0 Å². The zero-order valence-corrected chi connectivity index (χ0v) is 20.2. The van der Waals surface area contributed by atoms with Crippen LogP contribution in [0.3, 0.4) is 0 Å². The van der Waals surface area contributed by atoms with Crippen molar-refractivity contribution in [1.29, 1.82) is 0 Å². The second-order valence-electron chi connectivity index (χ2n) is 7.90. The van der Waals surface area contributed by atoms with E-state index < -0.39 is 5.60 Å². The highest BCUT2D eigenvalue weighted by Crippen LogP contribution is 2.18. The number of nitrogens with zero attached hydrogens (tertiary/aromatic N) is 3. The molecule has 0 radical (unpaired) electrons. The number of guanidine groups is 1. The highest BCUT2D eigenvalue weighted by atomic mass is 127. The smallest absolute Gasteiger partial charge is 0.410 e. The third-order valence-corrected chi connectivity index (χ3v) is 4.31. The molecule has 1 rings (SSSR count). The van der Waals surface area contributed by atoms with Crippen molar-refractivity contribution in [2.45, 2.75) is 52.6 Å². The Balaban J connectivity index is 0.00000676. The lowest BCUT2D eigenvalue weighted by molar-refractivity contribution is 0.0304. The lowest BCUT2D eigenvalue weighted by atomic mass is 9.96. The van der Waals surface area contributed by atoms with Gasteiger partial charge in [0.15, 0.2) is 5.96 Å². The molecular weight excluding hydrogens is 459 g/mol. The summed E-state index contributed by atoms with van der Waals surface area (Å²) < 4.78 is 10.8. The first-order valence-corrected chi connectivity index (χ1v) is 9.74. The van der Waals surface area contributed by atoms with Crippen molar-refractivity contribution < 1.29 is 14.3 Å². The molecule has 1 amide bonds. The maximum atomic E-state index is 12.0. The van der Waals surface area contributed by atoms with Crippen molar-refractivity contribution in [3.63, 3.8) is 0 Å². The summed E-state index contributed by atoms with van der Waals surface area (Å²) in [6.45, 7) is 12.3. The maximum Gasteiger partial charge on any atom is 0.410 e. The van der Waals surface area contributed by atoms with Gasteiger partial charge < -0.3 is 24.6 Å². The Hall–Kier alpha value is -0.770. The van der Waals surface area contributed by atoms with Gasteiger partial charge in [0, 0.05) is 46.9 Å². The van der Waals surface area contributed by atoms with Gasteiger partial charge in [-0.3, -0.25) is 4.99 Å². The number of halogens is 1. The fraction of sp³-hybridized carbons (Fsp3) is 0.895. The van der Waals surface area contributed by atoms with Gasteiger partial charge in [-0.2, -0.15) is 0 Å². The molecule has 0 unspecified atom stereocenters. The van der Waals surface area contributed by atoms with Gasteiger partial charge in [-0.15, -0.1) is 24.0 Å². The first-order chi connectivity index (χ1) is 12.2. The van der Waals surface area contributed by atoms with Crippen LogP contribution in [-0.4, -0.2) is 80.9 Å². The topological polar surface area (TPSA) is 66.4 Å². The molecule has 0 spiro atoms. The van der Waals surface area contributed by atoms with Gasteiger partial charge in [-0.25, -0.2) is 4.79 Å². The van der Waals surface area contributed by atoms with E-state index in [1.807, 2.05) is 20.8 Å². The average Bonchev–Trinajstić information content (AvgIpc) is 2.58. The molecule has 0 aromatic rings. The van der Waals surface area contributed by atoms with E-state index >= 15 is 0 Å². The molecule has 8 heteroatoms. The number of hydrogen-bond acceptors (Lipinski definition) is 4. The number of carbonyl (C=O) groups is 1. The van der Waals surface area contributed by atoms with Crippen molar-refractivity contribution in [3.8, 4) is 0 Å². The van der Waals surface area contributed by atoms with E-state index in [0.717, 1.165) is 57.4 Å². The first-order valence-electron chi connectivity index (χ1n) is 9.74. The summed E-state index contributed by atoms with van der Waals surface area (Å²) in [4.78, 5) is 20.4. The van der Waals surface area contributed by atoms with Gasteiger partial charge in [0.05, 0.1) is 6.54 Å². The van der Waals surface area contributed by atoms with Gasteiger partial charge in [0.1, 0.15) is 5.60 Å². The summed E-state index contributed by atoms with van der Waals surface area (Å²) in [5.74, 6) is 1.63. The van der Waals surface area contributed by atoms with Crippen LogP contribution < -0.4 is 5.32 Å². The van der Waals surface area contributed by atoms with Crippen LogP contribution in [0.2, 0.25) is 0 Å². The van der Waals surface area contributed by atoms with Crippen LogP contribution in [0.5, 0.6) is 0 Å². The van der Waals surface area contributed by atoms with E-state index in [-0.39, 0.29) is 30.1 Å². The molecule has 1 aliphatic heterocycles. The SMILES string of the molecule is CCNC(=NCCN(C)C(=O)OC(C)(C)C)N(C)CCC1CCOCC1.I. The predicted molar refractivity (Wildman–Crippen MR) is 121 cm³/mol. The Morgan fingerprint density at radius 2 is 1.81 bits per heavy atom. The zero-order valence-electron chi connectivity index (χ0n) is 17.9. The molecule has 1 heterocycles. The number of amides is 1. The number of ether oxygens (including phenoxy) is 2. The van der Waals surface area contributed by atoms with E-state index in [4.69, 9.17) is 9.47 Å². The summed E-state index contributed by atoms with van der Waals surface area (Å²) in [5.41, 5.74) is -0.478. The number of nitrogens with one attached hydrogen (secondary N) is 1. The van der Waals surface area contributed by atoms with Gasteiger partial charge in [-0.1, -0.05) is 0 Å². The molecule has 160 valence electrons. The molecule has 1 N–H and O–H groups in total. The summed E-state index contributed by atoms with van der Waals surface area (Å²) in [7, 11) is 3.81. The van der Waals surface area contributed by atoms with Gasteiger partial charge >= 0.3 is 6.09 Å². The highest BCUT2D eigenvalue weighted by Gasteiger charge is 2.19. The number of aliphatic imine (C=N–C) groups is 1. The summed E-state index contributed by atoms with van der Waals surface area (Å²) in [5, 5.41) is 3.33. The van der Waals surface area contributed by atoms with E-state index in [0.29, 0.717) is 13.1 Å². The molecule has 0 aromatic heterocycles. The lowest BCUT2D eigenvalue weighted by Crippen LogP contribution is -2.41. The fourth-order valence-electron chi connectivity index (χ4n) is 2.72. The van der Waals surface area contributed by atoms with E-state index in [2.05, 4.69) is 29.2 Å². The van der Waals surface area contributed by atoms with Crippen molar-refractivity contribution >= 4 is 36.0 Å². The van der Waals surface area contributed by atoms with Crippen LogP contribution in [0.4, 0.5) is 4.79 Å². The van der Waals surface area contributed by atoms with Gasteiger partial charge in [0.25, 0.3) is 0 Å². The third kappa shape index (κ3) is 11.6. The monoisotopic (exact) mass is 498 g/mol. The number of carbonyl (C=O) groups excluding carboxylic acids is 1. The van der Waals surface area contributed by atoms with Crippen LogP contribution in [0, 0.1) is 5.92 Å². The van der Waals surface area contributed by atoms with Crippen molar-refractivity contribution in [1.82, 2.24) is 15.1 Å². The Kier molecular flexibility index (Phi) is 13.0. The van der Waals surface area contributed by atoms with E-state index in [1.54, 1.807) is 11.9 Å². The second-order valence-corrected chi connectivity index (χ2v) is 7.90. The molecule has 0 aromatic carbocycles. The van der Waals surface area contributed by atoms with E-state index in [1.165, 1.54) is 0 Å². The molecule has 0 bridgehead atoms. The van der Waals surface area contributed by atoms with Crippen LogP contribution in [0.25, 0.3) is 0 Å². The maximum absolute atomic E-state index is 12.0. The Morgan fingerprint density at radius 3 is 2.37 bits per heavy atom. The molecule has 0 aliphatic carbocycles. The molecule has 1 fully saturated rings. The van der Waals surface area contributed by atoms with Crippen LogP contribution in [0.15, 0.2) is 4.99 Å². The molecule has 1 saturated heterocycles. The summed E-state index contributed by atoms with van der Waals surface area (Å²) in [6, 6.07) is 0. The second kappa shape index (κ2) is 13.4. The Morgan fingerprint density at radius 1 is 1.19 bits per heavy atom. The fourth-order valence-corrected chi connectivity index (χ4v) is 2.72. The largest absolute Gasteiger partial charge is 0.444 e. The van der Waals surface area contributed by atoms with Crippen molar-refractivity contribution in [2.24, 2.45) is 10.9 Å². The van der Waals surface area contributed by atoms with Gasteiger partial charge in [-0.05, 0) is 52.9 Å². The number of hydrogen-bond donors (Lipinski definition) is 1. The number of likely N-dealkylation sites (N-methyl/N-ethyl adjacent to an activating group) is 1.